The van der Waals surface area contributed by atoms with Gasteiger partial charge in [-0.1, -0.05) is 44.2 Å². The van der Waals surface area contributed by atoms with E-state index in [4.69, 9.17) is 0 Å². The Labute approximate surface area is 222 Å². The molecule has 11 heteroatoms. The molecule has 1 aliphatic heterocycles. The van der Waals surface area contributed by atoms with Crippen LogP contribution in [-0.2, 0) is 37.8 Å². The first-order valence-electron chi connectivity index (χ1n) is 12.5. The predicted molar refractivity (Wildman–Crippen MR) is 146 cm³/mol. The predicted octanol–water partition coefficient (Wildman–Crippen LogP) is 2.42. The summed E-state index contributed by atoms with van der Waals surface area (Å²) in [6.45, 7) is 5.38. The molecule has 3 aromatic rings. The molecule has 1 aromatic heterocycles. The van der Waals surface area contributed by atoms with E-state index in [0.717, 1.165) is 17.2 Å². The summed E-state index contributed by atoms with van der Waals surface area (Å²) in [4.78, 5) is 43.4. The van der Waals surface area contributed by atoms with Crippen LogP contribution in [0.25, 0.3) is 10.9 Å². The van der Waals surface area contributed by atoms with E-state index in [1.807, 2.05) is 38.2 Å². The third kappa shape index (κ3) is 5.28. The molecule has 2 aromatic carbocycles. The first-order valence-corrected chi connectivity index (χ1v) is 14.6. The number of nitrogens with zero attached hydrogens (tertiary/aromatic N) is 4. The van der Waals surface area contributed by atoms with Crippen molar-refractivity contribution in [2.45, 2.75) is 45.8 Å². The van der Waals surface area contributed by atoms with Crippen molar-refractivity contribution in [3.05, 3.63) is 54.2 Å². The Kier molecular flexibility index (Phi) is 7.59. The van der Waals surface area contributed by atoms with E-state index in [9.17, 15) is 22.8 Å². The molecule has 0 fully saturated rings. The van der Waals surface area contributed by atoms with Crippen molar-refractivity contribution >= 4 is 49.8 Å². The molecule has 0 spiro atoms. The van der Waals surface area contributed by atoms with Gasteiger partial charge in [0.25, 0.3) is 5.91 Å². The average molecular weight is 540 g/mol. The molecular weight excluding hydrogens is 506 g/mol. The first kappa shape index (κ1) is 27.3. The summed E-state index contributed by atoms with van der Waals surface area (Å²) in [7, 11) is -1.83. The quantitative estimate of drug-likeness (QED) is 0.492. The summed E-state index contributed by atoms with van der Waals surface area (Å²) in [5.74, 6) is -2.48. The van der Waals surface area contributed by atoms with Gasteiger partial charge < -0.3 is 15.1 Å². The number of aryl methyl sites for hydroxylation is 1. The van der Waals surface area contributed by atoms with Crippen molar-refractivity contribution < 1.29 is 22.8 Å². The molecule has 3 atom stereocenters. The van der Waals surface area contributed by atoms with Crippen LogP contribution in [0, 0.1) is 5.92 Å². The number of amides is 3. The molecule has 0 radical (unpaired) electrons. The SMILES string of the molecule is CC[C@@H](C)C(=O)N[C@@H]1C(=O)N(Cc2nn(C)c3ccccc23)c2ccccc2N(C(=O)CS(C)(=O)=O)[C@H]1C. The van der Waals surface area contributed by atoms with Gasteiger partial charge in [0.05, 0.1) is 35.2 Å². The van der Waals surface area contributed by atoms with Gasteiger partial charge in [0.15, 0.2) is 9.84 Å². The minimum atomic E-state index is -3.66. The van der Waals surface area contributed by atoms with Gasteiger partial charge in [0.2, 0.25) is 11.8 Å². The highest BCUT2D eigenvalue weighted by molar-refractivity contribution is 7.91. The number of rotatable bonds is 7. The number of benzene rings is 2. The van der Waals surface area contributed by atoms with Crippen LogP contribution >= 0.6 is 0 Å². The number of sulfone groups is 1. The van der Waals surface area contributed by atoms with Gasteiger partial charge in [-0.25, -0.2) is 8.42 Å². The first-order chi connectivity index (χ1) is 17.9. The third-order valence-corrected chi connectivity index (χ3v) is 7.78. The fraction of sp³-hybridized carbons (Fsp3) is 0.407. The fourth-order valence-corrected chi connectivity index (χ4v) is 5.38. The van der Waals surface area contributed by atoms with Crippen molar-refractivity contribution in [2.75, 3.05) is 21.8 Å². The number of nitrogens with one attached hydrogen (secondary N) is 1. The zero-order chi connectivity index (χ0) is 27.8. The van der Waals surface area contributed by atoms with Crippen LogP contribution in [0.4, 0.5) is 11.4 Å². The van der Waals surface area contributed by atoms with E-state index >= 15 is 0 Å². The molecule has 1 aliphatic rings. The Morgan fingerprint density at radius 2 is 1.71 bits per heavy atom. The van der Waals surface area contributed by atoms with Crippen molar-refractivity contribution in [2.24, 2.45) is 13.0 Å². The van der Waals surface area contributed by atoms with Crippen LogP contribution in [0.3, 0.4) is 0 Å². The normalized spacial score (nSPS) is 18.7. The summed E-state index contributed by atoms with van der Waals surface area (Å²) in [5, 5.41) is 8.37. The second-order valence-corrected chi connectivity index (χ2v) is 12.0. The third-order valence-electron chi connectivity index (χ3n) is 7.01. The van der Waals surface area contributed by atoms with E-state index < -0.39 is 39.5 Å². The maximum absolute atomic E-state index is 14.2. The van der Waals surface area contributed by atoms with Crippen molar-refractivity contribution in [3.8, 4) is 0 Å². The minimum Gasteiger partial charge on any atom is -0.342 e. The van der Waals surface area contributed by atoms with Crippen molar-refractivity contribution in [1.82, 2.24) is 15.1 Å². The zero-order valence-electron chi connectivity index (χ0n) is 22.2. The highest BCUT2D eigenvalue weighted by Gasteiger charge is 2.43. The maximum atomic E-state index is 14.2. The Bertz CT molecular complexity index is 1500. The molecule has 0 saturated carbocycles. The van der Waals surface area contributed by atoms with Gasteiger partial charge >= 0.3 is 0 Å². The number of carbonyl (C=O) groups excluding carboxylic acids is 3. The average Bonchev–Trinajstić information content (AvgIpc) is 3.15. The Morgan fingerprint density at radius 3 is 2.37 bits per heavy atom. The lowest BCUT2D eigenvalue weighted by atomic mass is 10.0. The molecule has 0 unspecified atom stereocenters. The number of para-hydroxylation sites is 3. The summed E-state index contributed by atoms with van der Waals surface area (Å²) >= 11 is 0. The number of anilines is 2. The summed E-state index contributed by atoms with van der Waals surface area (Å²) in [6.07, 6.45) is 1.56. The van der Waals surface area contributed by atoms with E-state index in [1.165, 1.54) is 9.80 Å². The summed E-state index contributed by atoms with van der Waals surface area (Å²) < 4.78 is 25.9. The van der Waals surface area contributed by atoms with Crippen LogP contribution in [-0.4, -0.2) is 60.0 Å². The van der Waals surface area contributed by atoms with E-state index in [0.29, 0.717) is 23.5 Å². The topological polar surface area (TPSA) is 122 Å². The standard InChI is InChI=1S/C27H33N5O5S/c1-6-17(2)26(34)28-25-18(3)32(24(33)16-38(5,36)37)23-14-10-9-13-22(23)31(27(25)35)15-20-19-11-7-8-12-21(19)30(4)29-20/h7-14,17-18,25H,6,15-16H2,1-5H3,(H,28,34)/t17-,18+,25+/m1/s1. The molecule has 2 heterocycles. The van der Waals surface area contributed by atoms with Gasteiger partial charge in [-0.05, 0) is 31.5 Å². The molecular formula is C27H33N5O5S. The highest BCUT2D eigenvalue weighted by atomic mass is 32.2. The minimum absolute atomic E-state index is 0.0910. The second-order valence-electron chi connectivity index (χ2n) is 9.87. The van der Waals surface area contributed by atoms with Crippen LogP contribution in [0.15, 0.2) is 48.5 Å². The molecule has 202 valence electrons. The van der Waals surface area contributed by atoms with Crippen LogP contribution in [0.1, 0.15) is 32.9 Å². The van der Waals surface area contributed by atoms with Gasteiger partial charge in [-0.3, -0.25) is 19.1 Å². The molecule has 0 bridgehead atoms. The number of hydrogen-bond donors (Lipinski definition) is 1. The monoisotopic (exact) mass is 539 g/mol. The number of aromatic nitrogens is 2. The van der Waals surface area contributed by atoms with Crippen LogP contribution in [0.5, 0.6) is 0 Å². The van der Waals surface area contributed by atoms with Gasteiger partial charge in [-0.15, -0.1) is 0 Å². The molecule has 1 N–H and O–H groups in total. The van der Waals surface area contributed by atoms with Crippen LogP contribution < -0.4 is 15.1 Å². The highest BCUT2D eigenvalue weighted by Crippen LogP contribution is 2.37. The van der Waals surface area contributed by atoms with E-state index in [-0.39, 0.29) is 18.4 Å². The summed E-state index contributed by atoms with van der Waals surface area (Å²) in [6, 6.07) is 12.6. The van der Waals surface area contributed by atoms with Gasteiger partial charge in [0, 0.05) is 24.6 Å². The lowest BCUT2D eigenvalue weighted by molar-refractivity contribution is -0.130. The molecule has 0 aliphatic carbocycles. The lowest BCUT2D eigenvalue weighted by Gasteiger charge is -2.32. The summed E-state index contributed by atoms with van der Waals surface area (Å²) in [5.41, 5.74) is 2.38. The number of carbonyl (C=O) groups is 3. The van der Waals surface area contributed by atoms with Gasteiger partial charge in [0.1, 0.15) is 11.8 Å². The Balaban J connectivity index is 1.87. The molecule has 0 saturated heterocycles. The number of hydrogen-bond acceptors (Lipinski definition) is 6. The fourth-order valence-electron chi connectivity index (χ4n) is 4.79. The largest absolute Gasteiger partial charge is 0.342 e. The zero-order valence-corrected chi connectivity index (χ0v) is 23.0. The Hall–Kier alpha value is -3.73. The second kappa shape index (κ2) is 10.6. The smallest absolute Gasteiger partial charge is 0.252 e. The number of fused-ring (bicyclic) bond motifs is 2. The van der Waals surface area contributed by atoms with Crippen molar-refractivity contribution in [1.29, 1.82) is 0 Å². The van der Waals surface area contributed by atoms with E-state index in [1.54, 1.807) is 42.8 Å². The van der Waals surface area contributed by atoms with Gasteiger partial charge in [-0.2, -0.15) is 5.10 Å². The molecule has 4 rings (SSSR count). The lowest BCUT2D eigenvalue weighted by Crippen LogP contribution is -2.59. The van der Waals surface area contributed by atoms with Crippen molar-refractivity contribution in [3.63, 3.8) is 0 Å². The Morgan fingerprint density at radius 1 is 1.08 bits per heavy atom. The molecule has 38 heavy (non-hydrogen) atoms. The molecule has 3 amide bonds. The maximum Gasteiger partial charge on any atom is 0.252 e. The van der Waals surface area contributed by atoms with Crippen LogP contribution in [0.2, 0.25) is 0 Å². The van der Waals surface area contributed by atoms with E-state index in [2.05, 4.69) is 10.4 Å². The molecule has 10 nitrogen and oxygen atoms in total.